The predicted molar refractivity (Wildman–Crippen MR) is 105 cm³/mol. The number of hydrogen-bond acceptors (Lipinski definition) is 5. The summed E-state index contributed by atoms with van der Waals surface area (Å²) in [4.78, 5) is 27.2. The van der Waals surface area contributed by atoms with Gasteiger partial charge in [0.2, 0.25) is 11.8 Å². The number of carbonyl (C=O) groups is 2. The molecule has 2 atom stereocenters. The lowest BCUT2D eigenvalue weighted by molar-refractivity contribution is -0.152. The largest absolute Gasteiger partial charge is 0.475 e. The Hall–Kier alpha value is -1.81. The number of rotatable bonds is 7. The van der Waals surface area contributed by atoms with Gasteiger partial charge in [0.15, 0.2) is 11.7 Å². The second-order valence-electron chi connectivity index (χ2n) is 8.31. The lowest BCUT2D eigenvalue weighted by Crippen LogP contribution is -2.45. The minimum atomic E-state index is -4.39. The quantitative estimate of drug-likeness (QED) is 0.691. The van der Waals surface area contributed by atoms with Gasteiger partial charge in [0.05, 0.1) is 18.5 Å². The molecular formula is C19H28F3N3O3S. The molecule has 0 radical (unpaired) electrons. The van der Waals surface area contributed by atoms with Crippen molar-refractivity contribution in [3.05, 3.63) is 17.0 Å². The number of thiophene rings is 1. The summed E-state index contributed by atoms with van der Waals surface area (Å²) in [6, 6.07) is 2.78. The van der Waals surface area contributed by atoms with Crippen LogP contribution in [-0.2, 0) is 9.59 Å². The predicted octanol–water partition coefficient (Wildman–Crippen LogP) is 3.10. The van der Waals surface area contributed by atoms with E-state index < -0.39 is 12.8 Å². The summed E-state index contributed by atoms with van der Waals surface area (Å²) < 4.78 is 41.4. The van der Waals surface area contributed by atoms with Crippen molar-refractivity contribution < 1.29 is 27.5 Å². The van der Waals surface area contributed by atoms with Crippen molar-refractivity contribution >= 4 is 23.2 Å². The Morgan fingerprint density at radius 1 is 1.31 bits per heavy atom. The van der Waals surface area contributed by atoms with Gasteiger partial charge < -0.3 is 15.4 Å². The van der Waals surface area contributed by atoms with Crippen molar-refractivity contribution in [1.82, 2.24) is 15.5 Å². The number of amides is 2. The summed E-state index contributed by atoms with van der Waals surface area (Å²) in [5.41, 5.74) is -0.299. The van der Waals surface area contributed by atoms with Crippen LogP contribution in [0, 0.1) is 5.92 Å². The van der Waals surface area contributed by atoms with Crippen LogP contribution in [0.4, 0.5) is 13.2 Å². The van der Waals surface area contributed by atoms with Gasteiger partial charge >= 0.3 is 6.18 Å². The van der Waals surface area contributed by atoms with Crippen LogP contribution < -0.4 is 15.4 Å². The van der Waals surface area contributed by atoms with Crippen molar-refractivity contribution in [3.63, 3.8) is 0 Å². The molecule has 0 aliphatic carbocycles. The van der Waals surface area contributed by atoms with Crippen LogP contribution in [0.1, 0.15) is 45.0 Å². The smallest absolute Gasteiger partial charge is 0.422 e. The van der Waals surface area contributed by atoms with Crippen LogP contribution in [-0.4, -0.2) is 54.7 Å². The fraction of sp³-hybridized carbons (Fsp3) is 0.684. The fourth-order valence-corrected chi connectivity index (χ4v) is 3.91. The molecule has 0 spiro atoms. The second-order valence-corrected chi connectivity index (χ2v) is 9.39. The SMILES string of the molecule is C[C@@H](NC(=O)[C@H]1CCN(CC(=O)NC(C)(C)C)C1)c1ccc(OCC(F)(F)F)s1. The molecule has 2 N–H and O–H groups in total. The zero-order valence-corrected chi connectivity index (χ0v) is 17.9. The van der Waals surface area contributed by atoms with Crippen LogP contribution >= 0.6 is 11.3 Å². The monoisotopic (exact) mass is 435 g/mol. The van der Waals surface area contributed by atoms with E-state index in [1.807, 2.05) is 25.7 Å². The molecule has 1 aliphatic heterocycles. The van der Waals surface area contributed by atoms with Gasteiger partial charge in [0, 0.05) is 17.0 Å². The number of nitrogens with zero attached hydrogens (tertiary/aromatic N) is 1. The molecule has 1 aliphatic rings. The van der Waals surface area contributed by atoms with Crippen LogP contribution in [0.5, 0.6) is 5.06 Å². The van der Waals surface area contributed by atoms with Crippen molar-refractivity contribution in [2.24, 2.45) is 5.92 Å². The van der Waals surface area contributed by atoms with E-state index >= 15 is 0 Å². The van der Waals surface area contributed by atoms with Gasteiger partial charge in [-0.05, 0) is 52.8 Å². The molecule has 1 aromatic rings. The van der Waals surface area contributed by atoms with Gasteiger partial charge in [-0.2, -0.15) is 13.2 Å². The Bertz CT molecular complexity index is 716. The number of halogens is 3. The molecule has 0 aromatic carbocycles. The highest BCUT2D eigenvalue weighted by molar-refractivity contribution is 7.13. The summed E-state index contributed by atoms with van der Waals surface area (Å²) in [6.45, 7) is 7.60. The topological polar surface area (TPSA) is 70.7 Å². The number of nitrogens with one attached hydrogen (secondary N) is 2. The van der Waals surface area contributed by atoms with Crippen molar-refractivity contribution in [2.75, 3.05) is 26.2 Å². The third kappa shape index (κ3) is 8.22. The first kappa shape index (κ1) is 23.5. The molecule has 164 valence electrons. The maximum atomic E-state index is 12.5. The molecule has 0 bridgehead atoms. The zero-order chi connectivity index (χ0) is 21.8. The first-order chi connectivity index (χ1) is 13.3. The Morgan fingerprint density at radius 3 is 2.62 bits per heavy atom. The fourth-order valence-electron chi connectivity index (χ4n) is 3.05. The summed E-state index contributed by atoms with van der Waals surface area (Å²) >= 11 is 1.08. The van der Waals surface area contributed by atoms with E-state index in [0.29, 0.717) is 19.5 Å². The Morgan fingerprint density at radius 2 is 2.00 bits per heavy atom. The molecule has 1 aromatic heterocycles. The third-order valence-corrected chi connectivity index (χ3v) is 5.47. The zero-order valence-electron chi connectivity index (χ0n) is 17.1. The summed E-state index contributed by atoms with van der Waals surface area (Å²) in [5.74, 6) is -0.417. The number of hydrogen-bond donors (Lipinski definition) is 2. The average molecular weight is 436 g/mol. The summed E-state index contributed by atoms with van der Waals surface area (Å²) in [6.07, 6.45) is -3.73. The van der Waals surface area contributed by atoms with Crippen LogP contribution in [0.2, 0.25) is 0 Å². The molecule has 2 rings (SSSR count). The van der Waals surface area contributed by atoms with Gasteiger partial charge in [0.25, 0.3) is 0 Å². The first-order valence-electron chi connectivity index (χ1n) is 9.45. The van der Waals surface area contributed by atoms with Gasteiger partial charge in [-0.1, -0.05) is 0 Å². The Balaban J connectivity index is 1.80. The Kier molecular flexibility index (Phi) is 7.56. The van der Waals surface area contributed by atoms with Gasteiger partial charge in [0.1, 0.15) is 0 Å². The van der Waals surface area contributed by atoms with E-state index in [0.717, 1.165) is 16.2 Å². The normalized spacial score (nSPS) is 19.1. The van der Waals surface area contributed by atoms with E-state index in [-0.39, 0.29) is 40.9 Å². The molecule has 1 saturated heterocycles. The van der Waals surface area contributed by atoms with Gasteiger partial charge in [-0.15, -0.1) is 11.3 Å². The average Bonchev–Trinajstić information content (AvgIpc) is 3.19. The second kappa shape index (κ2) is 9.34. The molecule has 2 heterocycles. The van der Waals surface area contributed by atoms with Crippen LogP contribution in [0.25, 0.3) is 0 Å². The van der Waals surface area contributed by atoms with Crippen molar-refractivity contribution in [2.45, 2.75) is 51.9 Å². The van der Waals surface area contributed by atoms with Gasteiger partial charge in [-0.25, -0.2) is 0 Å². The minimum Gasteiger partial charge on any atom is -0.475 e. The van der Waals surface area contributed by atoms with Crippen LogP contribution in [0.3, 0.4) is 0 Å². The minimum absolute atomic E-state index is 0.0723. The van der Waals surface area contributed by atoms with Gasteiger partial charge in [-0.3, -0.25) is 14.5 Å². The molecule has 0 unspecified atom stereocenters. The molecular weight excluding hydrogens is 407 g/mol. The summed E-state index contributed by atoms with van der Waals surface area (Å²) in [7, 11) is 0. The standard InChI is InChI=1S/C19H28F3N3O3S/c1-12(14-5-6-16(29-14)28-11-19(20,21)22)23-17(27)13-7-8-25(9-13)10-15(26)24-18(2,3)4/h5-6,12-13H,7-11H2,1-4H3,(H,23,27)(H,24,26)/t12-,13+/m1/s1. The van der Waals surface area contributed by atoms with E-state index in [2.05, 4.69) is 10.6 Å². The highest BCUT2D eigenvalue weighted by Crippen LogP contribution is 2.31. The molecule has 10 heteroatoms. The Labute approximate surface area is 172 Å². The third-order valence-electron chi connectivity index (χ3n) is 4.29. The first-order valence-corrected chi connectivity index (χ1v) is 10.3. The van der Waals surface area contributed by atoms with E-state index in [1.165, 1.54) is 6.07 Å². The van der Waals surface area contributed by atoms with E-state index in [1.54, 1.807) is 13.0 Å². The lowest BCUT2D eigenvalue weighted by atomic mass is 10.1. The lowest BCUT2D eigenvalue weighted by Gasteiger charge is -2.23. The van der Waals surface area contributed by atoms with Crippen molar-refractivity contribution in [1.29, 1.82) is 0 Å². The molecule has 2 amide bonds. The number of carbonyl (C=O) groups excluding carboxylic acids is 2. The van der Waals surface area contributed by atoms with Crippen LogP contribution in [0.15, 0.2) is 12.1 Å². The van der Waals surface area contributed by atoms with Crippen molar-refractivity contribution in [3.8, 4) is 5.06 Å². The number of likely N-dealkylation sites (tertiary alicyclic amines) is 1. The molecule has 29 heavy (non-hydrogen) atoms. The van der Waals surface area contributed by atoms with E-state index in [4.69, 9.17) is 4.74 Å². The molecule has 1 fully saturated rings. The molecule has 6 nitrogen and oxygen atoms in total. The molecule has 0 saturated carbocycles. The number of ether oxygens (including phenoxy) is 1. The maximum absolute atomic E-state index is 12.5. The number of alkyl halides is 3. The summed E-state index contributed by atoms with van der Waals surface area (Å²) in [5, 5.41) is 5.97. The maximum Gasteiger partial charge on any atom is 0.422 e. The highest BCUT2D eigenvalue weighted by Gasteiger charge is 2.31. The van der Waals surface area contributed by atoms with E-state index in [9.17, 15) is 22.8 Å². The highest BCUT2D eigenvalue weighted by atomic mass is 32.1.